The molecule has 4 heteroatoms. The SMILES string of the molecule is COc1ccc2c(C)c(C(=O)NCCc3ccccc3)[nH]c2c1. The van der Waals surface area contributed by atoms with Gasteiger partial charge in [-0.25, -0.2) is 0 Å². The maximum atomic E-state index is 12.4. The molecule has 0 aliphatic carbocycles. The normalized spacial score (nSPS) is 10.7. The highest BCUT2D eigenvalue weighted by molar-refractivity contribution is 6.01. The topological polar surface area (TPSA) is 54.1 Å². The maximum Gasteiger partial charge on any atom is 0.268 e. The van der Waals surface area contributed by atoms with Crippen molar-refractivity contribution in [3.05, 3.63) is 65.4 Å². The van der Waals surface area contributed by atoms with Gasteiger partial charge in [0.25, 0.3) is 5.91 Å². The molecule has 0 atom stereocenters. The second-order valence-corrected chi connectivity index (χ2v) is 5.53. The predicted octanol–water partition coefficient (Wildman–Crippen LogP) is 3.46. The van der Waals surface area contributed by atoms with Gasteiger partial charge in [0.1, 0.15) is 11.4 Å². The van der Waals surface area contributed by atoms with Crippen molar-refractivity contribution in [2.45, 2.75) is 13.3 Å². The predicted molar refractivity (Wildman–Crippen MR) is 92.1 cm³/mol. The van der Waals surface area contributed by atoms with Gasteiger partial charge in [-0.1, -0.05) is 30.3 Å². The van der Waals surface area contributed by atoms with Crippen LogP contribution in [0.2, 0.25) is 0 Å². The molecule has 23 heavy (non-hydrogen) atoms. The monoisotopic (exact) mass is 308 g/mol. The number of aryl methyl sites for hydroxylation is 1. The van der Waals surface area contributed by atoms with Crippen LogP contribution in [0, 0.1) is 6.92 Å². The molecular formula is C19H20N2O2. The fourth-order valence-electron chi connectivity index (χ4n) is 2.72. The first-order valence-corrected chi connectivity index (χ1v) is 7.67. The van der Waals surface area contributed by atoms with Gasteiger partial charge in [-0.2, -0.15) is 0 Å². The number of ether oxygens (including phenoxy) is 1. The molecule has 2 N–H and O–H groups in total. The van der Waals surface area contributed by atoms with Gasteiger partial charge in [0.2, 0.25) is 0 Å². The number of methoxy groups -OCH3 is 1. The third kappa shape index (κ3) is 3.21. The lowest BCUT2D eigenvalue weighted by atomic mass is 10.1. The van der Waals surface area contributed by atoms with Crippen molar-refractivity contribution in [3.8, 4) is 5.75 Å². The highest BCUT2D eigenvalue weighted by atomic mass is 16.5. The fraction of sp³-hybridized carbons (Fsp3) is 0.211. The van der Waals surface area contributed by atoms with E-state index in [-0.39, 0.29) is 5.91 Å². The van der Waals surface area contributed by atoms with Crippen LogP contribution < -0.4 is 10.1 Å². The van der Waals surface area contributed by atoms with Gasteiger partial charge in [0, 0.05) is 23.5 Å². The Labute approximate surface area is 135 Å². The zero-order valence-corrected chi connectivity index (χ0v) is 13.3. The molecule has 0 unspecified atom stereocenters. The van der Waals surface area contributed by atoms with Gasteiger partial charge in [-0.15, -0.1) is 0 Å². The number of carbonyl (C=O) groups excluding carboxylic acids is 1. The quantitative estimate of drug-likeness (QED) is 0.758. The molecule has 0 spiro atoms. The molecule has 3 rings (SSSR count). The van der Waals surface area contributed by atoms with Crippen molar-refractivity contribution in [2.24, 2.45) is 0 Å². The summed E-state index contributed by atoms with van der Waals surface area (Å²) < 4.78 is 5.23. The molecule has 2 aromatic carbocycles. The van der Waals surface area contributed by atoms with Gasteiger partial charge in [0.05, 0.1) is 7.11 Å². The van der Waals surface area contributed by atoms with E-state index >= 15 is 0 Å². The zero-order chi connectivity index (χ0) is 16.2. The minimum Gasteiger partial charge on any atom is -0.497 e. The molecule has 0 saturated heterocycles. The van der Waals surface area contributed by atoms with E-state index in [2.05, 4.69) is 22.4 Å². The first-order valence-electron chi connectivity index (χ1n) is 7.67. The van der Waals surface area contributed by atoms with Crippen LogP contribution in [0.3, 0.4) is 0 Å². The Balaban J connectivity index is 1.72. The summed E-state index contributed by atoms with van der Waals surface area (Å²) in [5.74, 6) is 0.698. The number of aromatic nitrogens is 1. The lowest BCUT2D eigenvalue weighted by molar-refractivity contribution is 0.0949. The number of nitrogens with one attached hydrogen (secondary N) is 2. The van der Waals surface area contributed by atoms with Crippen LogP contribution in [0.4, 0.5) is 0 Å². The summed E-state index contributed by atoms with van der Waals surface area (Å²) in [5, 5.41) is 4.02. The number of fused-ring (bicyclic) bond motifs is 1. The van der Waals surface area contributed by atoms with Gasteiger partial charge >= 0.3 is 0 Å². The molecule has 0 aliphatic heterocycles. The number of carbonyl (C=O) groups is 1. The first-order chi connectivity index (χ1) is 11.2. The van der Waals surface area contributed by atoms with E-state index in [4.69, 9.17) is 4.74 Å². The van der Waals surface area contributed by atoms with Crippen LogP contribution in [-0.4, -0.2) is 24.5 Å². The smallest absolute Gasteiger partial charge is 0.268 e. The average molecular weight is 308 g/mol. The third-order valence-corrected chi connectivity index (χ3v) is 4.03. The molecule has 0 saturated carbocycles. The Bertz CT molecular complexity index is 822. The standard InChI is InChI=1S/C19H20N2O2/c1-13-16-9-8-15(23-2)12-17(16)21-18(13)19(22)20-11-10-14-6-4-3-5-7-14/h3-9,12,21H,10-11H2,1-2H3,(H,20,22). The Morgan fingerprint density at radius 3 is 2.70 bits per heavy atom. The highest BCUT2D eigenvalue weighted by Crippen LogP contribution is 2.25. The number of hydrogen-bond donors (Lipinski definition) is 2. The molecule has 4 nitrogen and oxygen atoms in total. The van der Waals surface area contributed by atoms with Gasteiger partial charge in [0.15, 0.2) is 0 Å². The third-order valence-electron chi connectivity index (χ3n) is 4.03. The van der Waals surface area contributed by atoms with E-state index in [1.807, 2.05) is 43.3 Å². The summed E-state index contributed by atoms with van der Waals surface area (Å²) in [7, 11) is 1.63. The molecule has 1 heterocycles. The highest BCUT2D eigenvalue weighted by Gasteiger charge is 2.14. The number of amides is 1. The molecule has 0 fully saturated rings. The van der Waals surface area contributed by atoms with Crippen LogP contribution in [0.5, 0.6) is 5.75 Å². The molecule has 3 aromatic rings. The van der Waals surface area contributed by atoms with E-state index in [1.54, 1.807) is 7.11 Å². The second-order valence-electron chi connectivity index (χ2n) is 5.53. The summed E-state index contributed by atoms with van der Waals surface area (Å²) in [6.45, 7) is 2.57. The minimum atomic E-state index is -0.0754. The Hall–Kier alpha value is -2.75. The van der Waals surface area contributed by atoms with Gasteiger partial charge in [-0.3, -0.25) is 4.79 Å². The number of H-pyrrole nitrogens is 1. The van der Waals surface area contributed by atoms with Crippen LogP contribution in [-0.2, 0) is 6.42 Å². The van der Waals surface area contributed by atoms with Crippen LogP contribution in [0.1, 0.15) is 21.6 Å². The van der Waals surface area contributed by atoms with E-state index in [0.717, 1.165) is 28.6 Å². The summed E-state index contributed by atoms with van der Waals surface area (Å²) in [4.78, 5) is 15.6. The molecule has 0 aliphatic rings. The minimum absolute atomic E-state index is 0.0754. The summed E-state index contributed by atoms with van der Waals surface area (Å²) in [5.41, 5.74) is 3.70. The molecule has 1 aromatic heterocycles. The lowest BCUT2D eigenvalue weighted by Crippen LogP contribution is -2.26. The average Bonchev–Trinajstić information content (AvgIpc) is 2.92. The van der Waals surface area contributed by atoms with Crippen LogP contribution in [0.15, 0.2) is 48.5 Å². The Morgan fingerprint density at radius 2 is 1.96 bits per heavy atom. The van der Waals surface area contributed by atoms with Gasteiger partial charge in [-0.05, 0) is 36.6 Å². The first kappa shape index (κ1) is 15.2. The van der Waals surface area contributed by atoms with Crippen molar-refractivity contribution < 1.29 is 9.53 Å². The Morgan fingerprint density at radius 1 is 1.17 bits per heavy atom. The molecular weight excluding hydrogens is 288 g/mol. The van der Waals surface area contributed by atoms with Crippen LogP contribution in [0.25, 0.3) is 10.9 Å². The number of aromatic amines is 1. The fourth-order valence-corrected chi connectivity index (χ4v) is 2.72. The van der Waals surface area contributed by atoms with Crippen molar-refractivity contribution in [3.63, 3.8) is 0 Å². The summed E-state index contributed by atoms with van der Waals surface area (Å²) >= 11 is 0. The zero-order valence-electron chi connectivity index (χ0n) is 13.3. The molecule has 0 bridgehead atoms. The second kappa shape index (κ2) is 6.57. The van der Waals surface area contributed by atoms with E-state index in [1.165, 1.54) is 5.56 Å². The van der Waals surface area contributed by atoms with E-state index in [0.29, 0.717) is 12.2 Å². The van der Waals surface area contributed by atoms with Crippen LogP contribution >= 0.6 is 0 Å². The number of benzene rings is 2. The summed E-state index contributed by atoms with van der Waals surface area (Å²) in [6.07, 6.45) is 0.819. The number of hydrogen-bond acceptors (Lipinski definition) is 2. The molecule has 0 radical (unpaired) electrons. The lowest BCUT2D eigenvalue weighted by Gasteiger charge is -2.05. The van der Waals surface area contributed by atoms with Crippen molar-refractivity contribution >= 4 is 16.8 Å². The van der Waals surface area contributed by atoms with Gasteiger partial charge < -0.3 is 15.0 Å². The van der Waals surface area contributed by atoms with Crippen molar-refractivity contribution in [1.29, 1.82) is 0 Å². The van der Waals surface area contributed by atoms with E-state index in [9.17, 15) is 4.79 Å². The molecule has 1 amide bonds. The molecule has 118 valence electrons. The van der Waals surface area contributed by atoms with Crippen molar-refractivity contribution in [1.82, 2.24) is 10.3 Å². The summed E-state index contributed by atoms with van der Waals surface area (Å²) in [6, 6.07) is 15.9. The van der Waals surface area contributed by atoms with E-state index < -0.39 is 0 Å². The number of rotatable bonds is 5. The Kier molecular flexibility index (Phi) is 4.33. The van der Waals surface area contributed by atoms with Crippen molar-refractivity contribution in [2.75, 3.05) is 13.7 Å². The largest absolute Gasteiger partial charge is 0.497 e. The maximum absolute atomic E-state index is 12.4.